The molecule has 0 heterocycles. The molecule has 0 N–H and O–H groups in total. The third-order valence-corrected chi connectivity index (χ3v) is 4.50. The molecule has 0 fully saturated rings. The van der Waals surface area contributed by atoms with E-state index in [0.29, 0.717) is 6.54 Å². The van der Waals surface area contributed by atoms with E-state index in [1.54, 1.807) is 20.8 Å². The van der Waals surface area contributed by atoms with Crippen molar-refractivity contribution in [1.29, 1.82) is 0 Å². The first-order valence-corrected chi connectivity index (χ1v) is 9.65. The highest BCUT2D eigenvalue weighted by molar-refractivity contribution is 7.90. The maximum absolute atomic E-state index is 11.5. The average molecular weight is 301 g/mol. The van der Waals surface area contributed by atoms with Crippen LogP contribution in [0.15, 0.2) is 0 Å². The Bertz CT molecular complexity index is 441. The molecule has 0 aromatic rings. The number of hydrogen-bond donors (Lipinski definition) is 0. The zero-order valence-electron chi connectivity index (χ0n) is 11.6. The second-order valence-corrected chi connectivity index (χ2v) is 8.78. The van der Waals surface area contributed by atoms with Gasteiger partial charge in [0.05, 0.1) is 24.2 Å². The molecule has 0 aliphatic heterocycles. The van der Waals surface area contributed by atoms with Gasteiger partial charge in [0.25, 0.3) is 0 Å². The van der Waals surface area contributed by atoms with Gasteiger partial charge < -0.3 is 4.74 Å². The summed E-state index contributed by atoms with van der Waals surface area (Å²) in [7, 11) is -6.56. The Kier molecular flexibility index (Phi) is 6.77. The molecule has 8 heteroatoms. The minimum atomic E-state index is -3.34. The normalized spacial score (nSPS) is 15.3. The molecule has 1 unspecified atom stereocenters. The van der Waals surface area contributed by atoms with Gasteiger partial charge in [0, 0.05) is 19.3 Å². The van der Waals surface area contributed by atoms with Gasteiger partial charge in [-0.25, -0.2) is 16.8 Å². The van der Waals surface area contributed by atoms with E-state index in [0.717, 1.165) is 12.5 Å². The summed E-state index contributed by atoms with van der Waals surface area (Å²) in [6.07, 6.45) is 1.41. The van der Waals surface area contributed by atoms with Crippen LogP contribution in [0.4, 0.5) is 0 Å². The number of likely N-dealkylation sites (N-methyl/N-ethyl adjacent to an activating group) is 1. The van der Waals surface area contributed by atoms with Gasteiger partial charge >= 0.3 is 0 Å². The average Bonchev–Trinajstić information content (AvgIpc) is 2.07. The van der Waals surface area contributed by atoms with E-state index >= 15 is 0 Å². The summed E-state index contributed by atoms with van der Waals surface area (Å²) in [5.74, 6) is -0.183. The van der Waals surface area contributed by atoms with E-state index in [4.69, 9.17) is 4.74 Å². The third kappa shape index (κ3) is 8.02. The first-order chi connectivity index (χ1) is 7.95. The molecule has 6 nitrogen and oxygen atoms in total. The van der Waals surface area contributed by atoms with E-state index in [9.17, 15) is 16.8 Å². The minimum Gasteiger partial charge on any atom is -0.373 e. The van der Waals surface area contributed by atoms with Crippen LogP contribution in [0.5, 0.6) is 0 Å². The summed E-state index contributed by atoms with van der Waals surface area (Å²) in [5.41, 5.74) is 0. The zero-order valence-corrected chi connectivity index (χ0v) is 13.2. The summed E-state index contributed by atoms with van der Waals surface area (Å²) in [6, 6.07) is 0. The number of rotatable bonds is 8. The molecular formula is C10H23NO5S2. The molecule has 0 saturated heterocycles. The molecule has 0 aliphatic carbocycles. The monoisotopic (exact) mass is 301 g/mol. The number of sulfonamides is 1. The van der Waals surface area contributed by atoms with Crippen molar-refractivity contribution in [3.63, 3.8) is 0 Å². The highest BCUT2D eigenvalue weighted by Gasteiger charge is 2.24. The molecule has 0 bridgehead atoms. The summed E-state index contributed by atoms with van der Waals surface area (Å²) < 4.78 is 52.2. The van der Waals surface area contributed by atoms with Crippen LogP contribution >= 0.6 is 0 Å². The molecule has 0 amide bonds. The Labute approximate surface area is 110 Å². The van der Waals surface area contributed by atoms with E-state index in [1.165, 1.54) is 4.31 Å². The fraction of sp³-hybridized carbons (Fsp3) is 1.00. The van der Waals surface area contributed by atoms with Crippen LogP contribution in [0.1, 0.15) is 20.8 Å². The molecule has 18 heavy (non-hydrogen) atoms. The lowest BCUT2D eigenvalue weighted by Crippen LogP contribution is -2.41. The van der Waals surface area contributed by atoms with Gasteiger partial charge in [0.15, 0.2) is 0 Å². The second kappa shape index (κ2) is 6.83. The number of ether oxygens (including phenoxy) is 1. The van der Waals surface area contributed by atoms with Crippen molar-refractivity contribution in [3.8, 4) is 0 Å². The lowest BCUT2D eigenvalue weighted by Gasteiger charge is -2.25. The van der Waals surface area contributed by atoms with Gasteiger partial charge in [-0.3, -0.25) is 0 Å². The van der Waals surface area contributed by atoms with Crippen LogP contribution in [-0.4, -0.2) is 64.7 Å². The predicted octanol–water partition coefficient (Wildman–Crippen LogP) is 0.106. The van der Waals surface area contributed by atoms with E-state index < -0.39 is 26.0 Å². The topological polar surface area (TPSA) is 80.8 Å². The summed E-state index contributed by atoms with van der Waals surface area (Å²) in [4.78, 5) is 0. The number of sulfone groups is 1. The molecule has 0 saturated carbocycles. The molecule has 0 rings (SSSR count). The molecule has 0 aromatic heterocycles. The van der Waals surface area contributed by atoms with Gasteiger partial charge in [-0.15, -0.1) is 0 Å². The molecule has 110 valence electrons. The van der Waals surface area contributed by atoms with E-state index in [1.807, 2.05) is 0 Å². The van der Waals surface area contributed by atoms with Crippen molar-refractivity contribution >= 4 is 19.9 Å². The SMILES string of the molecule is CCN(CC(CS(C)(=O)=O)OC(C)C)S(C)(=O)=O. The van der Waals surface area contributed by atoms with Crippen LogP contribution in [-0.2, 0) is 24.6 Å². The van der Waals surface area contributed by atoms with Gasteiger partial charge in [-0.05, 0) is 13.8 Å². The smallest absolute Gasteiger partial charge is 0.211 e. The predicted molar refractivity (Wildman–Crippen MR) is 71.8 cm³/mol. The largest absolute Gasteiger partial charge is 0.373 e. The van der Waals surface area contributed by atoms with E-state index in [-0.39, 0.29) is 18.4 Å². The summed E-state index contributed by atoms with van der Waals surface area (Å²) in [5, 5.41) is 0. The fourth-order valence-electron chi connectivity index (χ4n) is 1.58. The van der Waals surface area contributed by atoms with Crippen molar-refractivity contribution in [1.82, 2.24) is 4.31 Å². The molecule has 0 radical (unpaired) electrons. The van der Waals surface area contributed by atoms with Crippen molar-refractivity contribution in [2.24, 2.45) is 0 Å². The number of nitrogens with zero attached hydrogens (tertiary/aromatic N) is 1. The first kappa shape index (κ1) is 17.8. The van der Waals surface area contributed by atoms with Crippen molar-refractivity contribution < 1.29 is 21.6 Å². The zero-order chi connectivity index (χ0) is 14.6. The maximum Gasteiger partial charge on any atom is 0.211 e. The summed E-state index contributed by atoms with van der Waals surface area (Å²) in [6.45, 7) is 5.62. The quantitative estimate of drug-likeness (QED) is 0.635. The lowest BCUT2D eigenvalue weighted by atomic mass is 10.3. The Morgan fingerprint density at radius 3 is 1.89 bits per heavy atom. The van der Waals surface area contributed by atoms with Crippen LogP contribution < -0.4 is 0 Å². The van der Waals surface area contributed by atoms with Gasteiger partial charge in [-0.1, -0.05) is 6.92 Å². The minimum absolute atomic E-state index is 0.0561. The molecule has 0 spiro atoms. The highest BCUT2D eigenvalue weighted by Crippen LogP contribution is 2.07. The second-order valence-electron chi connectivity index (χ2n) is 4.61. The van der Waals surface area contributed by atoms with Gasteiger partial charge in [0.1, 0.15) is 9.84 Å². The first-order valence-electron chi connectivity index (χ1n) is 5.74. The third-order valence-electron chi connectivity index (χ3n) is 2.18. The molecule has 0 aliphatic rings. The molecule has 0 aromatic carbocycles. The van der Waals surface area contributed by atoms with Crippen molar-refractivity contribution in [3.05, 3.63) is 0 Å². The molecule has 1 atom stereocenters. The van der Waals surface area contributed by atoms with Crippen LogP contribution in [0, 0.1) is 0 Å². The highest BCUT2D eigenvalue weighted by atomic mass is 32.2. The summed E-state index contributed by atoms with van der Waals surface area (Å²) >= 11 is 0. The van der Waals surface area contributed by atoms with Crippen LogP contribution in [0.2, 0.25) is 0 Å². The van der Waals surface area contributed by atoms with Crippen molar-refractivity contribution in [2.75, 3.05) is 31.4 Å². The standard InChI is InChI=1S/C10H23NO5S2/c1-6-11(18(5,14)15)7-10(16-9(2)3)8-17(4,12)13/h9-10H,6-8H2,1-5H3. The van der Waals surface area contributed by atoms with Gasteiger partial charge in [0.2, 0.25) is 10.0 Å². The number of hydrogen-bond acceptors (Lipinski definition) is 5. The Balaban J connectivity index is 4.88. The fourth-order valence-corrected chi connectivity index (χ4v) is 3.35. The Hall–Kier alpha value is -0.180. The van der Waals surface area contributed by atoms with Crippen LogP contribution in [0.25, 0.3) is 0 Å². The van der Waals surface area contributed by atoms with Crippen LogP contribution in [0.3, 0.4) is 0 Å². The van der Waals surface area contributed by atoms with Crippen molar-refractivity contribution in [2.45, 2.75) is 33.0 Å². The Morgan fingerprint density at radius 2 is 1.61 bits per heavy atom. The maximum atomic E-state index is 11.5. The van der Waals surface area contributed by atoms with E-state index in [2.05, 4.69) is 0 Å². The Morgan fingerprint density at radius 1 is 1.11 bits per heavy atom. The lowest BCUT2D eigenvalue weighted by molar-refractivity contribution is 0.0122. The van der Waals surface area contributed by atoms with Gasteiger partial charge in [-0.2, -0.15) is 4.31 Å². The molecular weight excluding hydrogens is 278 g/mol.